The van der Waals surface area contributed by atoms with E-state index < -0.39 is 0 Å². The number of nitrogens with one attached hydrogen (secondary N) is 1. The van der Waals surface area contributed by atoms with Crippen LogP contribution in [0.2, 0.25) is 0 Å². The molecular weight excluding hydrogens is 478 g/mol. The Bertz CT molecular complexity index is 834. The SMILES string of the molecule is CC=C1CC2CC(=O)OC(C=CCCCCCC(=O)NC)C(C)C=CC(C)CC3CCCC(CC(C1)O2)O3. The molecule has 6 nitrogen and oxygen atoms in total. The summed E-state index contributed by atoms with van der Waals surface area (Å²) in [6, 6.07) is 0. The van der Waals surface area contributed by atoms with Gasteiger partial charge in [0.15, 0.2) is 0 Å². The minimum absolute atomic E-state index is 0.0740. The van der Waals surface area contributed by atoms with Crippen LogP contribution in [0.4, 0.5) is 0 Å². The molecular formula is C32H51NO5. The van der Waals surface area contributed by atoms with Crippen molar-refractivity contribution in [2.24, 2.45) is 11.8 Å². The Balaban J connectivity index is 1.67. The lowest BCUT2D eigenvalue weighted by Gasteiger charge is -2.37. The minimum Gasteiger partial charge on any atom is -0.457 e. The lowest BCUT2D eigenvalue weighted by molar-refractivity contribution is -0.154. The molecule has 1 N–H and O–H groups in total. The summed E-state index contributed by atoms with van der Waals surface area (Å²) >= 11 is 0. The number of hydrogen-bond acceptors (Lipinski definition) is 5. The number of fused-ring (bicyclic) bond motifs is 4. The lowest BCUT2D eigenvalue weighted by atomic mass is 9.90. The smallest absolute Gasteiger partial charge is 0.309 e. The average Bonchev–Trinajstić information content (AvgIpc) is 2.89. The molecule has 3 aliphatic rings. The van der Waals surface area contributed by atoms with Crippen molar-refractivity contribution in [2.45, 2.75) is 135 Å². The molecule has 2 fully saturated rings. The summed E-state index contributed by atoms with van der Waals surface area (Å²) in [5.41, 5.74) is 1.37. The molecule has 0 aromatic rings. The van der Waals surface area contributed by atoms with Gasteiger partial charge in [-0.15, -0.1) is 0 Å². The third kappa shape index (κ3) is 10.7. The zero-order valence-electron chi connectivity index (χ0n) is 24.2. The molecule has 0 aromatic heterocycles. The van der Waals surface area contributed by atoms with Gasteiger partial charge in [0, 0.05) is 25.8 Å². The number of rotatable bonds is 7. The van der Waals surface area contributed by atoms with E-state index in [1.165, 1.54) is 12.0 Å². The van der Waals surface area contributed by atoms with E-state index in [1.807, 2.05) is 0 Å². The van der Waals surface area contributed by atoms with Crippen LogP contribution >= 0.6 is 0 Å². The standard InChI is InChI=1S/C32H51NO5/c1-5-25-19-28-21-27-13-11-12-26(36-27)18-23(2)16-17-24(3)30(38-32(35)22-29(20-25)37-28)14-9-7-6-8-10-15-31(34)33-4/h5,9,14,16-17,23-24,26-30H,6-8,10-13,15,18-22H2,1-4H3,(H,33,34). The summed E-state index contributed by atoms with van der Waals surface area (Å²) in [7, 11) is 1.68. The molecule has 3 rings (SSSR count). The number of carbonyl (C=O) groups is 2. The number of unbranched alkanes of at least 4 members (excludes halogenated alkanes) is 3. The Morgan fingerprint density at radius 3 is 2.47 bits per heavy atom. The molecule has 38 heavy (non-hydrogen) atoms. The Kier molecular flexibility index (Phi) is 13.1. The maximum absolute atomic E-state index is 13.1. The predicted molar refractivity (Wildman–Crippen MR) is 152 cm³/mol. The van der Waals surface area contributed by atoms with Crippen molar-refractivity contribution in [1.29, 1.82) is 0 Å². The zero-order chi connectivity index (χ0) is 27.3. The molecule has 214 valence electrons. The lowest BCUT2D eigenvalue weighted by Crippen LogP contribution is -2.37. The van der Waals surface area contributed by atoms with Crippen LogP contribution in [0.5, 0.6) is 0 Å². The van der Waals surface area contributed by atoms with Crippen LogP contribution in [0.3, 0.4) is 0 Å². The van der Waals surface area contributed by atoms with E-state index in [-0.39, 0.29) is 48.6 Å². The summed E-state index contributed by atoms with van der Waals surface area (Å²) in [4.78, 5) is 24.5. The molecule has 3 heterocycles. The Morgan fingerprint density at radius 1 is 0.974 bits per heavy atom. The maximum atomic E-state index is 13.1. The first-order chi connectivity index (χ1) is 18.4. The second kappa shape index (κ2) is 16.2. The molecule has 0 aromatic carbocycles. The van der Waals surface area contributed by atoms with Crippen molar-refractivity contribution in [3.8, 4) is 0 Å². The van der Waals surface area contributed by atoms with Crippen LogP contribution in [0.25, 0.3) is 0 Å². The molecule has 7 atom stereocenters. The van der Waals surface area contributed by atoms with Crippen LogP contribution in [-0.2, 0) is 23.8 Å². The van der Waals surface area contributed by atoms with Gasteiger partial charge in [-0.1, -0.05) is 50.1 Å². The summed E-state index contributed by atoms with van der Waals surface area (Å²) in [6.45, 7) is 6.46. The van der Waals surface area contributed by atoms with Crippen LogP contribution in [-0.4, -0.2) is 49.4 Å². The summed E-state index contributed by atoms with van der Waals surface area (Å²) < 4.78 is 19.0. The Labute approximate surface area is 230 Å². The van der Waals surface area contributed by atoms with Gasteiger partial charge in [-0.2, -0.15) is 0 Å². The highest BCUT2D eigenvalue weighted by Crippen LogP contribution is 2.33. The fraction of sp³-hybridized carbons (Fsp3) is 0.750. The molecule has 0 radical (unpaired) electrons. The van der Waals surface area contributed by atoms with Crippen molar-refractivity contribution in [3.63, 3.8) is 0 Å². The van der Waals surface area contributed by atoms with Gasteiger partial charge in [0.2, 0.25) is 5.91 Å². The average molecular weight is 530 g/mol. The van der Waals surface area contributed by atoms with Crippen LogP contribution in [0.15, 0.2) is 36.0 Å². The van der Waals surface area contributed by atoms with Crippen molar-refractivity contribution in [1.82, 2.24) is 5.32 Å². The largest absolute Gasteiger partial charge is 0.457 e. The number of ether oxygens (including phenoxy) is 3. The van der Waals surface area contributed by atoms with E-state index in [9.17, 15) is 9.59 Å². The number of carbonyl (C=O) groups excluding carboxylic acids is 2. The van der Waals surface area contributed by atoms with E-state index >= 15 is 0 Å². The molecule has 7 unspecified atom stereocenters. The van der Waals surface area contributed by atoms with Gasteiger partial charge in [-0.05, 0) is 76.7 Å². The maximum Gasteiger partial charge on any atom is 0.309 e. The van der Waals surface area contributed by atoms with Gasteiger partial charge in [-0.3, -0.25) is 9.59 Å². The van der Waals surface area contributed by atoms with E-state index in [4.69, 9.17) is 14.2 Å². The van der Waals surface area contributed by atoms with Crippen molar-refractivity contribution in [2.75, 3.05) is 7.05 Å². The number of esters is 1. The van der Waals surface area contributed by atoms with Gasteiger partial charge >= 0.3 is 5.97 Å². The molecule has 4 bridgehead atoms. The molecule has 3 aliphatic heterocycles. The summed E-state index contributed by atoms with van der Waals surface area (Å²) in [5.74, 6) is 0.378. The fourth-order valence-electron chi connectivity index (χ4n) is 5.91. The van der Waals surface area contributed by atoms with E-state index in [0.29, 0.717) is 18.4 Å². The first-order valence-electron chi connectivity index (χ1n) is 15.1. The van der Waals surface area contributed by atoms with Crippen molar-refractivity contribution >= 4 is 11.9 Å². The number of hydrogen-bond donors (Lipinski definition) is 1. The normalized spacial score (nSPS) is 34.3. The first-order valence-corrected chi connectivity index (χ1v) is 15.1. The van der Waals surface area contributed by atoms with Gasteiger partial charge in [-0.25, -0.2) is 0 Å². The van der Waals surface area contributed by atoms with Gasteiger partial charge in [0.25, 0.3) is 0 Å². The highest BCUT2D eigenvalue weighted by molar-refractivity contribution is 5.75. The number of allylic oxidation sites excluding steroid dienone is 3. The summed E-state index contributed by atoms with van der Waals surface area (Å²) in [6.07, 6.45) is 22.8. The van der Waals surface area contributed by atoms with Gasteiger partial charge < -0.3 is 19.5 Å². The van der Waals surface area contributed by atoms with E-state index in [1.54, 1.807) is 7.05 Å². The van der Waals surface area contributed by atoms with Crippen LogP contribution < -0.4 is 5.32 Å². The van der Waals surface area contributed by atoms with Crippen molar-refractivity contribution in [3.05, 3.63) is 36.0 Å². The van der Waals surface area contributed by atoms with Crippen LogP contribution in [0, 0.1) is 11.8 Å². The topological polar surface area (TPSA) is 73.9 Å². The fourth-order valence-corrected chi connectivity index (χ4v) is 5.91. The Morgan fingerprint density at radius 2 is 1.71 bits per heavy atom. The molecule has 0 spiro atoms. The van der Waals surface area contributed by atoms with Crippen molar-refractivity contribution < 1.29 is 23.8 Å². The number of cyclic esters (lactones) is 1. The molecule has 2 saturated heterocycles. The predicted octanol–water partition coefficient (Wildman–Crippen LogP) is 6.59. The number of amides is 1. The Hall–Kier alpha value is -1.92. The van der Waals surface area contributed by atoms with Gasteiger partial charge in [0.1, 0.15) is 6.10 Å². The molecule has 0 saturated carbocycles. The third-order valence-corrected chi connectivity index (χ3v) is 8.17. The second-order valence-corrected chi connectivity index (χ2v) is 11.6. The zero-order valence-corrected chi connectivity index (χ0v) is 24.2. The monoisotopic (exact) mass is 529 g/mol. The van der Waals surface area contributed by atoms with Crippen LogP contribution in [0.1, 0.15) is 104 Å². The highest BCUT2D eigenvalue weighted by Gasteiger charge is 2.32. The second-order valence-electron chi connectivity index (χ2n) is 11.6. The molecule has 6 heteroatoms. The minimum atomic E-state index is -0.305. The quantitative estimate of drug-likeness (QED) is 0.229. The van der Waals surface area contributed by atoms with Gasteiger partial charge in [0.05, 0.1) is 30.8 Å². The first kappa shape index (κ1) is 30.6. The summed E-state index contributed by atoms with van der Waals surface area (Å²) in [5, 5.41) is 2.67. The molecule has 1 amide bonds. The third-order valence-electron chi connectivity index (χ3n) is 8.17. The van der Waals surface area contributed by atoms with E-state index in [0.717, 1.165) is 64.2 Å². The highest BCUT2D eigenvalue weighted by atomic mass is 16.5. The van der Waals surface area contributed by atoms with E-state index in [2.05, 4.69) is 56.5 Å². The molecule has 0 aliphatic carbocycles.